The van der Waals surface area contributed by atoms with Crippen LogP contribution in [0.5, 0.6) is 0 Å². The molecule has 28 nitrogen and oxygen atoms in total. The Morgan fingerprint density at radius 2 is 0.647 bits per heavy atom. The molecule has 0 radical (unpaired) electrons. The van der Waals surface area contributed by atoms with E-state index in [0.29, 0.717) is 70.3 Å². The first-order valence-corrected chi connectivity index (χ1v) is 30.6. The molecule has 9 aliphatic heterocycles. The number of primary amides is 1. The van der Waals surface area contributed by atoms with Gasteiger partial charge in [-0.25, -0.2) is 0 Å². The van der Waals surface area contributed by atoms with Gasteiger partial charge in [0.05, 0.1) is 6.04 Å². The number of nitrogens with zero attached hydrogens (tertiary/aromatic N) is 8. The lowest BCUT2D eigenvalue weighted by atomic mass is 10.1. The fraction of sp³-hybridized carbons (Fsp3) is 0.737. The SMILES string of the molecule is NC(=O)[C@@H]1CCCN1C(=O)[C@@H]1C[C@H](NC(=O)CCC=O)CN1C(=O)[C@@H]1CCCN1C(=O)[C@@H]1CCCN1C(=O)[C@@H]1C[C@H](NC(=O)CCC=O)CN1C(=O)[C@@H]1CCCN1C(=O)[C@@H]1CCCN1C(=O)[C@@H]1C[C@H](NC(=O)CCC=O)CN1C(=O)[C@@H]1CCCN1. The Morgan fingerprint density at radius 3 is 0.941 bits per heavy atom. The van der Waals surface area contributed by atoms with Crippen LogP contribution in [-0.4, -0.2) is 260 Å². The van der Waals surface area contributed by atoms with Gasteiger partial charge >= 0.3 is 0 Å². The molecule has 0 aromatic carbocycles. The van der Waals surface area contributed by atoms with E-state index in [1.807, 2.05) is 0 Å². The van der Waals surface area contributed by atoms with E-state index in [0.717, 1.165) is 6.42 Å². The van der Waals surface area contributed by atoms with Crippen LogP contribution < -0.4 is 27.0 Å². The lowest BCUT2D eigenvalue weighted by Gasteiger charge is -2.37. The summed E-state index contributed by atoms with van der Waals surface area (Å²) in [5.74, 6) is -5.92. The van der Waals surface area contributed by atoms with E-state index in [4.69, 9.17) is 5.73 Å². The number of amides is 12. The van der Waals surface area contributed by atoms with Gasteiger partial charge in [-0.05, 0) is 103 Å². The standard InChI is InChI=1S/C57H81N13O15/c58-49(77)38-11-2-20-63(38)55(83)44-29-35(61-47(75)17-8-26-72)32-69(44)53(81)41-14-5-21-64(41)52(80)40-13-4-24-67(40)57(85)45-30-36(62-48(76)18-9-27-73)33-70(45)54(82)42-15-6-22-65(42)51(79)39-12-3-23-66(39)56(84)43-28-34(60-46(74)16-7-25-71)31-68(43)50(78)37-10-1-19-59-37/h25-27,34-45,59H,1-24,28-33H2,(H2,58,77)(H,60,74)(H,61,75)(H,62,76)/t34-,35-,36-,37-,38-,39-,40-,41-,42-,43-,44-,45-/m0/s1. The number of nitrogens with one attached hydrogen (secondary N) is 4. The van der Waals surface area contributed by atoms with E-state index in [-0.39, 0.29) is 148 Å². The number of carbonyl (C=O) groups excluding carboxylic acids is 15. The van der Waals surface area contributed by atoms with E-state index < -0.39 is 132 Å². The van der Waals surface area contributed by atoms with Crippen LogP contribution >= 0.6 is 0 Å². The Morgan fingerprint density at radius 1 is 0.365 bits per heavy atom. The van der Waals surface area contributed by atoms with Crippen molar-refractivity contribution in [2.24, 2.45) is 5.73 Å². The second kappa shape index (κ2) is 27.8. The zero-order valence-corrected chi connectivity index (χ0v) is 48.2. The molecule has 12 amide bonds. The molecule has 9 rings (SSSR count). The van der Waals surface area contributed by atoms with Crippen LogP contribution in [0.15, 0.2) is 0 Å². The molecular weight excluding hydrogens is 1110 g/mol. The maximum Gasteiger partial charge on any atom is 0.246 e. The van der Waals surface area contributed by atoms with E-state index in [1.54, 1.807) is 0 Å². The van der Waals surface area contributed by atoms with Crippen LogP contribution in [0.4, 0.5) is 0 Å². The number of carbonyl (C=O) groups is 15. The Hall–Kier alpha value is -7.39. The van der Waals surface area contributed by atoms with Gasteiger partial charge in [-0.1, -0.05) is 0 Å². The molecule has 9 saturated heterocycles. The highest BCUT2D eigenvalue weighted by Gasteiger charge is 2.54. The largest absolute Gasteiger partial charge is 0.368 e. The summed E-state index contributed by atoms with van der Waals surface area (Å²) in [5.41, 5.74) is 5.68. The number of aldehydes is 3. The van der Waals surface area contributed by atoms with Crippen LogP contribution in [0.1, 0.15) is 135 Å². The van der Waals surface area contributed by atoms with Gasteiger partial charge in [0.25, 0.3) is 0 Å². The van der Waals surface area contributed by atoms with Crippen molar-refractivity contribution in [2.45, 2.75) is 207 Å². The summed E-state index contributed by atoms with van der Waals surface area (Å²) < 4.78 is 0. The molecule has 9 fully saturated rings. The molecule has 0 aliphatic carbocycles. The maximum absolute atomic E-state index is 15.2. The summed E-state index contributed by atoms with van der Waals surface area (Å²) in [5, 5.41) is 11.7. The summed E-state index contributed by atoms with van der Waals surface area (Å²) in [6, 6.07) is -10.9. The lowest BCUT2D eigenvalue weighted by molar-refractivity contribution is -0.155. The van der Waals surface area contributed by atoms with Gasteiger partial charge in [-0.3, -0.25) is 57.5 Å². The van der Waals surface area contributed by atoms with Crippen molar-refractivity contribution in [2.75, 3.05) is 58.9 Å². The number of nitrogens with two attached hydrogens (primary N) is 1. The Kier molecular flexibility index (Phi) is 20.3. The molecule has 0 saturated carbocycles. The highest BCUT2D eigenvalue weighted by atomic mass is 16.2. The fourth-order valence-electron chi connectivity index (χ4n) is 14.6. The van der Waals surface area contributed by atoms with Crippen molar-refractivity contribution >= 4 is 89.7 Å². The van der Waals surface area contributed by atoms with Crippen LogP contribution in [0.3, 0.4) is 0 Å². The Balaban J connectivity index is 0.908. The minimum atomic E-state index is -1.22. The first-order chi connectivity index (χ1) is 40.9. The first-order valence-electron chi connectivity index (χ1n) is 30.6. The molecule has 0 aromatic rings. The van der Waals surface area contributed by atoms with Crippen molar-refractivity contribution in [3.63, 3.8) is 0 Å². The lowest BCUT2D eigenvalue weighted by Crippen LogP contribution is -2.59. The van der Waals surface area contributed by atoms with Gasteiger partial charge in [0.15, 0.2) is 0 Å². The van der Waals surface area contributed by atoms with Crippen molar-refractivity contribution < 1.29 is 71.9 Å². The molecular formula is C57H81N13O15. The zero-order valence-electron chi connectivity index (χ0n) is 48.2. The molecule has 0 bridgehead atoms. The van der Waals surface area contributed by atoms with E-state index in [9.17, 15) is 62.3 Å². The third kappa shape index (κ3) is 13.5. The van der Waals surface area contributed by atoms with Crippen molar-refractivity contribution in [3.05, 3.63) is 0 Å². The third-order valence-corrected chi connectivity index (χ3v) is 18.7. The molecule has 85 heavy (non-hydrogen) atoms. The second-order valence-corrected chi connectivity index (χ2v) is 24.1. The molecule has 28 heteroatoms. The smallest absolute Gasteiger partial charge is 0.246 e. The molecule has 0 unspecified atom stereocenters. The molecule has 9 aliphatic rings. The summed E-state index contributed by atoms with van der Waals surface area (Å²) in [4.78, 5) is 214. The van der Waals surface area contributed by atoms with E-state index >= 15 is 9.59 Å². The highest BCUT2D eigenvalue weighted by molar-refractivity contribution is 6.00. The molecule has 0 spiro atoms. The number of hydrogen-bond acceptors (Lipinski definition) is 16. The number of likely N-dealkylation sites (tertiary alicyclic amines) is 8. The average molecular weight is 1190 g/mol. The van der Waals surface area contributed by atoms with Gasteiger partial charge in [-0.2, -0.15) is 0 Å². The van der Waals surface area contributed by atoms with E-state index in [2.05, 4.69) is 21.3 Å². The van der Waals surface area contributed by atoms with Crippen molar-refractivity contribution in [1.82, 2.24) is 60.5 Å². The maximum atomic E-state index is 15.2. The van der Waals surface area contributed by atoms with Gasteiger partial charge in [0.2, 0.25) is 70.9 Å². The van der Waals surface area contributed by atoms with Crippen LogP contribution in [0.2, 0.25) is 0 Å². The van der Waals surface area contributed by atoms with Crippen LogP contribution in [0, 0.1) is 0 Å². The zero-order chi connectivity index (χ0) is 60.6. The second-order valence-electron chi connectivity index (χ2n) is 24.1. The minimum absolute atomic E-state index is 0.0146. The van der Waals surface area contributed by atoms with Gasteiger partial charge in [0, 0.05) is 109 Å². The summed E-state index contributed by atoms with van der Waals surface area (Å²) in [6.45, 7) is 1.34. The number of hydrogen-bond donors (Lipinski definition) is 5. The summed E-state index contributed by atoms with van der Waals surface area (Å²) >= 11 is 0. The summed E-state index contributed by atoms with van der Waals surface area (Å²) in [6.07, 6.45) is 6.39. The molecule has 464 valence electrons. The molecule has 0 aromatic heterocycles. The van der Waals surface area contributed by atoms with Gasteiger partial charge < -0.3 is 80.6 Å². The molecule has 6 N–H and O–H groups in total. The van der Waals surface area contributed by atoms with Crippen LogP contribution in [0.25, 0.3) is 0 Å². The third-order valence-electron chi connectivity index (χ3n) is 18.7. The van der Waals surface area contributed by atoms with E-state index in [1.165, 1.54) is 39.2 Å². The predicted molar refractivity (Wildman–Crippen MR) is 296 cm³/mol. The normalized spacial score (nSPS) is 30.0. The van der Waals surface area contributed by atoms with Gasteiger partial charge in [-0.15, -0.1) is 0 Å². The fourth-order valence-corrected chi connectivity index (χ4v) is 14.6. The van der Waals surface area contributed by atoms with Crippen LogP contribution in [-0.2, 0) is 71.9 Å². The topological polar surface area (TPSA) is 356 Å². The van der Waals surface area contributed by atoms with Gasteiger partial charge in [0.1, 0.15) is 67.2 Å². The molecule has 12 atom stereocenters. The van der Waals surface area contributed by atoms with Crippen molar-refractivity contribution in [3.8, 4) is 0 Å². The number of rotatable bonds is 21. The first kappa shape index (κ1) is 62.1. The Bertz CT molecular complexity index is 2650. The average Bonchev–Trinajstić information content (AvgIpc) is 2.44. The Labute approximate surface area is 492 Å². The minimum Gasteiger partial charge on any atom is -0.368 e. The quantitative estimate of drug-likeness (QED) is 0.0693. The summed E-state index contributed by atoms with van der Waals surface area (Å²) in [7, 11) is 0. The molecule has 9 heterocycles. The predicted octanol–water partition coefficient (Wildman–Crippen LogP) is -3.63. The monoisotopic (exact) mass is 1190 g/mol. The highest BCUT2D eigenvalue weighted by Crippen LogP contribution is 2.35. The van der Waals surface area contributed by atoms with Crippen molar-refractivity contribution in [1.29, 1.82) is 0 Å².